The number of aryl methyl sites for hydroxylation is 2. The molecular weight excluding hydrogens is 397 g/mol. The van der Waals surface area contributed by atoms with E-state index >= 15 is 0 Å². The quantitative estimate of drug-likeness (QED) is 0.690. The molecule has 31 heavy (non-hydrogen) atoms. The van der Waals surface area contributed by atoms with Gasteiger partial charge in [0.05, 0.1) is 12.4 Å². The lowest BCUT2D eigenvalue weighted by Crippen LogP contribution is -2.48. The van der Waals surface area contributed by atoms with Crippen LogP contribution >= 0.6 is 0 Å². The van der Waals surface area contributed by atoms with Crippen LogP contribution in [-0.2, 0) is 14.4 Å². The van der Waals surface area contributed by atoms with Crippen molar-refractivity contribution in [1.82, 2.24) is 14.9 Å². The van der Waals surface area contributed by atoms with Crippen molar-refractivity contribution < 1.29 is 18.8 Å². The van der Waals surface area contributed by atoms with Gasteiger partial charge in [0.25, 0.3) is 0 Å². The van der Waals surface area contributed by atoms with Gasteiger partial charge in [0.2, 0.25) is 5.91 Å². The fourth-order valence-corrected chi connectivity index (χ4v) is 5.18. The number of Topliss-reactive ketones (excluding diaryl/α,β-unsaturated/α-hetero) is 2. The zero-order chi connectivity index (χ0) is 22.3. The van der Waals surface area contributed by atoms with Crippen molar-refractivity contribution in [3.63, 3.8) is 0 Å². The van der Waals surface area contributed by atoms with Crippen molar-refractivity contribution in [3.8, 4) is 11.4 Å². The van der Waals surface area contributed by atoms with Gasteiger partial charge in [0, 0.05) is 38.4 Å². The van der Waals surface area contributed by atoms with Gasteiger partial charge in [-0.3, -0.25) is 14.4 Å². The Labute approximate surface area is 180 Å². The second-order valence-electron chi connectivity index (χ2n) is 8.97. The number of aromatic nitrogens is 2. The average molecular weight is 423 g/mol. The first kappa shape index (κ1) is 21.3. The van der Waals surface area contributed by atoms with Crippen molar-refractivity contribution in [3.05, 3.63) is 47.0 Å². The molecule has 1 aliphatic heterocycles. The maximum absolute atomic E-state index is 13.2. The predicted molar refractivity (Wildman–Crippen MR) is 113 cm³/mol. The molecule has 0 atom stereocenters. The van der Waals surface area contributed by atoms with E-state index in [4.69, 9.17) is 0 Å². The minimum absolute atomic E-state index is 0.0375. The molecule has 0 N–H and O–H groups in total. The van der Waals surface area contributed by atoms with Crippen LogP contribution in [0.4, 0.5) is 4.39 Å². The van der Waals surface area contributed by atoms with Gasteiger partial charge < -0.3 is 4.90 Å². The average Bonchev–Trinajstić information content (AvgIpc) is 2.70. The summed E-state index contributed by atoms with van der Waals surface area (Å²) in [7, 11) is 0. The topological polar surface area (TPSA) is 80.2 Å². The van der Waals surface area contributed by atoms with Gasteiger partial charge in [-0.1, -0.05) is 0 Å². The molecule has 1 amide bonds. The summed E-state index contributed by atoms with van der Waals surface area (Å²) in [4.78, 5) is 47.9. The van der Waals surface area contributed by atoms with Crippen LogP contribution < -0.4 is 0 Å². The zero-order valence-corrected chi connectivity index (χ0v) is 18.1. The second-order valence-corrected chi connectivity index (χ2v) is 8.97. The van der Waals surface area contributed by atoms with Gasteiger partial charge in [0.1, 0.15) is 17.5 Å². The van der Waals surface area contributed by atoms with E-state index in [0.717, 1.165) is 34.6 Å². The zero-order valence-electron chi connectivity index (χ0n) is 18.1. The summed E-state index contributed by atoms with van der Waals surface area (Å²) < 4.78 is 13.1. The molecule has 1 saturated carbocycles. The smallest absolute Gasteiger partial charge is 0.219 e. The van der Waals surface area contributed by atoms with Crippen molar-refractivity contribution in [2.45, 2.75) is 52.4 Å². The molecule has 1 spiro atoms. The summed E-state index contributed by atoms with van der Waals surface area (Å²) in [6, 6.07) is 3.71. The maximum atomic E-state index is 13.2. The fraction of sp³-hybridized carbons (Fsp3) is 0.458. The molecule has 1 aliphatic carbocycles. The Morgan fingerprint density at radius 1 is 1.03 bits per heavy atom. The molecule has 4 rings (SSSR count). The van der Waals surface area contributed by atoms with Crippen molar-refractivity contribution in [2.75, 3.05) is 13.1 Å². The highest BCUT2D eigenvalue weighted by atomic mass is 19.1. The Bertz CT molecular complexity index is 1010. The van der Waals surface area contributed by atoms with Crippen LogP contribution in [0.3, 0.4) is 0 Å². The summed E-state index contributed by atoms with van der Waals surface area (Å²) in [5.74, 6) is -0.891. The van der Waals surface area contributed by atoms with Crippen LogP contribution in [0.25, 0.3) is 11.4 Å². The first-order valence-electron chi connectivity index (χ1n) is 10.6. The number of likely N-dealkylation sites (tertiary alicyclic amines) is 1. The molecule has 2 aromatic rings. The highest BCUT2D eigenvalue weighted by molar-refractivity contribution is 6.10. The van der Waals surface area contributed by atoms with Crippen LogP contribution in [-0.4, -0.2) is 45.4 Å². The number of hydrogen-bond donors (Lipinski definition) is 0. The monoisotopic (exact) mass is 423 g/mol. The summed E-state index contributed by atoms with van der Waals surface area (Å²) in [5, 5.41) is 0. The van der Waals surface area contributed by atoms with Gasteiger partial charge in [-0.25, -0.2) is 14.4 Å². The van der Waals surface area contributed by atoms with E-state index in [2.05, 4.69) is 9.97 Å². The van der Waals surface area contributed by atoms with Crippen LogP contribution in [0.2, 0.25) is 0 Å². The van der Waals surface area contributed by atoms with E-state index in [1.165, 1.54) is 0 Å². The molecule has 2 fully saturated rings. The Hall–Kier alpha value is -2.96. The minimum Gasteiger partial charge on any atom is -0.343 e. The van der Waals surface area contributed by atoms with Crippen LogP contribution in [0.5, 0.6) is 0 Å². The summed E-state index contributed by atoms with van der Waals surface area (Å²) in [6.07, 6.45) is 4.36. The highest BCUT2D eigenvalue weighted by Gasteiger charge is 2.47. The number of benzene rings is 1. The summed E-state index contributed by atoms with van der Waals surface area (Å²) in [6.45, 7) is 6.52. The molecule has 162 valence electrons. The molecule has 0 bridgehead atoms. The summed E-state index contributed by atoms with van der Waals surface area (Å²) >= 11 is 0. The van der Waals surface area contributed by atoms with Crippen LogP contribution in [0, 0.1) is 25.1 Å². The van der Waals surface area contributed by atoms with Gasteiger partial charge in [-0.05, 0) is 60.9 Å². The third-order valence-corrected chi connectivity index (χ3v) is 6.77. The number of rotatable bonds is 2. The van der Waals surface area contributed by atoms with E-state index in [1.54, 1.807) is 11.8 Å². The molecule has 0 radical (unpaired) electrons. The third kappa shape index (κ3) is 4.01. The molecule has 1 aromatic carbocycles. The van der Waals surface area contributed by atoms with E-state index in [9.17, 15) is 18.8 Å². The number of carbonyl (C=O) groups excluding carboxylic acids is 3. The summed E-state index contributed by atoms with van der Waals surface area (Å²) in [5.41, 5.74) is 2.83. The number of carbonyl (C=O) groups is 3. The molecule has 1 aromatic heterocycles. The van der Waals surface area contributed by atoms with E-state index in [-0.39, 0.29) is 22.9 Å². The molecular formula is C24H26FN3O3. The predicted octanol–water partition coefficient (Wildman–Crippen LogP) is 3.54. The first-order chi connectivity index (χ1) is 14.7. The SMILES string of the molecule is CC(=O)N1CCC2(CC1)CC(=O)C(c1c(C)cc(-c3ncc(F)cn3)cc1C)C(=O)C2. The number of halogens is 1. The minimum atomic E-state index is -0.750. The van der Waals surface area contributed by atoms with Crippen molar-refractivity contribution in [1.29, 1.82) is 0 Å². The van der Waals surface area contributed by atoms with Gasteiger partial charge in [-0.2, -0.15) is 0 Å². The highest BCUT2D eigenvalue weighted by Crippen LogP contribution is 2.46. The normalized spacial score (nSPS) is 19.2. The standard InChI is InChI=1S/C24H26FN3O3/c1-14-8-17(23-26-12-18(25)13-27-23)9-15(2)21(14)22-19(30)10-24(11-20(22)31)4-6-28(7-5-24)16(3)29/h8-9,12-13,22H,4-7,10-11H2,1-3H3. The van der Waals surface area contributed by atoms with E-state index < -0.39 is 11.7 Å². The number of ketones is 2. The lowest BCUT2D eigenvalue weighted by molar-refractivity contribution is -0.139. The molecule has 2 aliphatic rings. The molecule has 1 saturated heterocycles. The van der Waals surface area contributed by atoms with Crippen molar-refractivity contribution in [2.24, 2.45) is 5.41 Å². The largest absolute Gasteiger partial charge is 0.343 e. The number of piperidine rings is 1. The van der Waals surface area contributed by atoms with Crippen LogP contribution in [0.15, 0.2) is 24.5 Å². The molecule has 0 unspecified atom stereocenters. The van der Waals surface area contributed by atoms with Crippen LogP contribution in [0.1, 0.15) is 55.2 Å². The number of nitrogens with zero attached hydrogens (tertiary/aromatic N) is 3. The lowest BCUT2D eigenvalue weighted by Gasteiger charge is -2.44. The van der Waals surface area contributed by atoms with Gasteiger partial charge in [0.15, 0.2) is 11.6 Å². The second kappa shape index (κ2) is 7.94. The Morgan fingerprint density at radius 3 is 2.03 bits per heavy atom. The van der Waals surface area contributed by atoms with E-state index in [1.807, 2.05) is 26.0 Å². The Kier molecular flexibility index (Phi) is 5.45. The molecule has 7 heteroatoms. The van der Waals surface area contributed by atoms with E-state index in [0.29, 0.717) is 44.6 Å². The fourth-order valence-electron chi connectivity index (χ4n) is 5.18. The first-order valence-corrected chi connectivity index (χ1v) is 10.6. The van der Waals surface area contributed by atoms with Crippen molar-refractivity contribution >= 4 is 17.5 Å². The molecule has 6 nitrogen and oxygen atoms in total. The van der Waals surface area contributed by atoms with Gasteiger partial charge >= 0.3 is 0 Å². The Morgan fingerprint density at radius 2 is 1.55 bits per heavy atom. The molecule has 2 heterocycles. The number of amides is 1. The van der Waals surface area contributed by atoms with Gasteiger partial charge in [-0.15, -0.1) is 0 Å². The third-order valence-electron chi connectivity index (χ3n) is 6.77. The maximum Gasteiger partial charge on any atom is 0.219 e. The Balaban J connectivity index is 1.59. The number of hydrogen-bond acceptors (Lipinski definition) is 5. The lowest BCUT2D eigenvalue weighted by atomic mass is 9.62.